The van der Waals surface area contributed by atoms with Crippen LogP contribution in [0.2, 0.25) is 0 Å². The van der Waals surface area contributed by atoms with Gasteiger partial charge in [-0.05, 0) is 62.2 Å². The van der Waals surface area contributed by atoms with E-state index in [4.69, 9.17) is 4.74 Å². The fraction of sp³-hybridized carbons (Fsp3) is 0.286. The van der Waals surface area contributed by atoms with Gasteiger partial charge in [0, 0.05) is 30.3 Å². The first kappa shape index (κ1) is 17.3. The van der Waals surface area contributed by atoms with Crippen molar-refractivity contribution in [2.45, 2.75) is 32.2 Å². The lowest BCUT2D eigenvalue weighted by molar-refractivity contribution is 0.0733. The van der Waals surface area contributed by atoms with E-state index < -0.39 is 5.97 Å². The Morgan fingerprint density at radius 2 is 1.89 bits per heavy atom. The van der Waals surface area contributed by atoms with Crippen molar-refractivity contribution in [1.82, 2.24) is 5.32 Å². The summed E-state index contributed by atoms with van der Waals surface area (Å²) in [5.41, 5.74) is 2.99. The average Bonchev–Trinajstić information content (AvgIpc) is 3.39. The summed E-state index contributed by atoms with van der Waals surface area (Å²) >= 11 is 0. The molecule has 1 N–H and O–H groups in total. The van der Waals surface area contributed by atoms with Gasteiger partial charge in [-0.25, -0.2) is 4.79 Å². The standard InChI is InChI=1S/C21H21N3O3/c1-14-11-12-24(23-14)18-9-5-15(6-10-18)21(26)27-19-4-2-3-16(13-19)20(25)22-17-7-8-17/h2-6,9-10,13,17H,7-8,11-12H2,1H3,(H,22,25). The lowest BCUT2D eigenvalue weighted by Gasteiger charge is -2.13. The zero-order chi connectivity index (χ0) is 18.8. The van der Waals surface area contributed by atoms with E-state index in [1.165, 1.54) is 0 Å². The topological polar surface area (TPSA) is 71.0 Å². The molecule has 1 fully saturated rings. The Kier molecular flexibility index (Phi) is 4.62. The van der Waals surface area contributed by atoms with Crippen molar-refractivity contribution in [3.8, 4) is 5.75 Å². The van der Waals surface area contributed by atoms with Crippen molar-refractivity contribution in [3.05, 3.63) is 59.7 Å². The first-order valence-electron chi connectivity index (χ1n) is 9.13. The molecular formula is C21H21N3O3. The molecule has 0 radical (unpaired) electrons. The van der Waals surface area contributed by atoms with Crippen LogP contribution in [0.25, 0.3) is 0 Å². The molecule has 1 heterocycles. The van der Waals surface area contributed by atoms with E-state index in [1.807, 2.05) is 24.1 Å². The maximum Gasteiger partial charge on any atom is 0.343 e. The number of amides is 1. The molecule has 1 amide bonds. The lowest BCUT2D eigenvalue weighted by Crippen LogP contribution is -2.25. The van der Waals surface area contributed by atoms with Gasteiger partial charge >= 0.3 is 5.97 Å². The predicted octanol–water partition coefficient (Wildman–Crippen LogP) is 3.38. The molecule has 0 spiro atoms. The molecule has 1 aliphatic heterocycles. The van der Waals surface area contributed by atoms with Gasteiger partial charge in [-0.15, -0.1) is 0 Å². The Labute approximate surface area is 157 Å². The normalized spacial score (nSPS) is 16.0. The summed E-state index contributed by atoms with van der Waals surface area (Å²) in [4.78, 5) is 24.5. The van der Waals surface area contributed by atoms with Crippen LogP contribution < -0.4 is 15.1 Å². The van der Waals surface area contributed by atoms with Gasteiger partial charge in [0.15, 0.2) is 0 Å². The minimum atomic E-state index is -0.456. The van der Waals surface area contributed by atoms with E-state index in [0.29, 0.717) is 16.9 Å². The van der Waals surface area contributed by atoms with E-state index in [1.54, 1.807) is 36.4 Å². The van der Waals surface area contributed by atoms with Gasteiger partial charge in [0.25, 0.3) is 5.91 Å². The summed E-state index contributed by atoms with van der Waals surface area (Å²) < 4.78 is 5.43. The van der Waals surface area contributed by atoms with E-state index in [2.05, 4.69) is 10.4 Å². The van der Waals surface area contributed by atoms with E-state index in [9.17, 15) is 9.59 Å². The first-order chi connectivity index (χ1) is 13.1. The predicted molar refractivity (Wildman–Crippen MR) is 103 cm³/mol. The molecule has 1 aliphatic carbocycles. The number of hydrogen-bond acceptors (Lipinski definition) is 5. The lowest BCUT2D eigenvalue weighted by atomic mass is 10.2. The van der Waals surface area contributed by atoms with Crippen LogP contribution in [0, 0.1) is 0 Å². The van der Waals surface area contributed by atoms with E-state index in [0.717, 1.165) is 37.2 Å². The summed E-state index contributed by atoms with van der Waals surface area (Å²) in [6.45, 7) is 2.86. The van der Waals surface area contributed by atoms with Gasteiger partial charge in [0.1, 0.15) is 5.75 Å². The van der Waals surface area contributed by atoms with Crippen LogP contribution in [0.5, 0.6) is 5.75 Å². The molecule has 4 rings (SSSR count). The molecule has 2 aliphatic rings. The third kappa shape index (κ3) is 4.16. The van der Waals surface area contributed by atoms with Crippen molar-refractivity contribution >= 4 is 23.3 Å². The van der Waals surface area contributed by atoms with Gasteiger partial charge in [-0.2, -0.15) is 5.10 Å². The minimum Gasteiger partial charge on any atom is -0.423 e. The SMILES string of the molecule is CC1=NN(c2ccc(C(=O)Oc3cccc(C(=O)NC4CC4)c3)cc2)CC1. The summed E-state index contributed by atoms with van der Waals surface area (Å²) in [6, 6.07) is 14.1. The quantitative estimate of drug-likeness (QED) is 0.653. The molecule has 6 heteroatoms. The third-order valence-corrected chi connectivity index (χ3v) is 4.60. The number of ether oxygens (including phenoxy) is 1. The van der Waals surface area contributed by atoms with Crippen LogP contribution >= 0.6 is 0 Å². The Bertz CT molecular complexity index is 901. The fourth-order valence-electron chi connectivity index (χ4n) is 2.89. The highest BCUT2D eigenvalue weighted by molar-refractivity contribution is 5.96. The van der Waals surface area contributed by atoms with Crippen molar-refractivity contribution in [1.29, 1.82) is 0 Å². The number of nitrogens with one attached hydrogen (secondary N) is 1. The number of hydrazone groups is 1. The Morgan fingerprint density at radius 3 is 2.56 bits per heavy atom. The van der Waals surface area contributed by atoms with Crippen molar-refractivity contribution < 1.29 is 14.3 Å². The van der Waals surface area contributed by atoms with Gasteiger partial charge in [0.2, 0.25) is 0 Å². The second-order valence-corrected chi connectivity index (χ2v) is 6.92. The Hall–Kier alpha value is -3.15. The third-order valence-electron chi connectivity index (χ3n) is 4.60. The van der Waals surface area contributed by atoms with Crippen LogP contribution in [0.3, 0.4) is 0 Å². The Morgan fingerprint density at radius 1 is 1.11 bits per heavy atom. The van der Waals surface area contributed by atoms with Crippen LogP contribution in [0.15, 0.2) is 53.6 Å². The number of anilines is 1. The highest BCUT2D eigenvalue weighted by Gasteiger charge is 2.24. The molecule has 0 bridgehead atoms. The van der Waals surface area contributed by atoms with Crippen LogP contribution in [0.4, 0.5) is 5.69 Å². The molecule has 2 aromatic carbocycles. The molecule has 138 valence electrons. The maximum atomic E-state index is 12.4. The van der Waals surface area contributed by atoms with E-state index >= 15 is 0 Å². The second kappa shape index (κ2) is 7.23. The minimum absolute atomic E-state index is 0.138. The van der Waals surface area contributed by atoms with Crippen molar-refractivity contribution in [2.24, 2.45) is 5.10 Å². The van der Waals surface area contributed by atoms with Crippen molar-refractivity contribution in [2.75, 3.05) is 11.6 Å². The monoisotopic (exact) mass is 363 g/mol. The molecule has 0 aromatic heterocycles. The number of esters is 1. The zero-order valence-corrected chi connectivity index (χ0v) is 15.1. The van der Waals surface area contributed by atoms with Gasteiger partial charge in [-0.3, -0.25) is 9.80 Å². The summed E-state index contributed by atoms with van der Waals surface area (Å²) in [7, 11) is 0. The highest BCUT2D eigenvalue weighted by atomic mass is 16.5. The summed E-state index contributed by atoms with van der Waals surface area (Å²) in [5, 5.41) is 9.29. The number of carbonyl (C=O) groups is 2. The molecule has 27 heavy (non-hydrogen) atoms. The van der Waals surface area contributed by atoms with E-state index in [-0.39, 0.29) is 11.9 Å². The fourth-order valence-corrected chi connectivity index (χ4v) is 2.89. The molecule has 0 saturated heterocycles. The molecule has 0 unspecified atom stereocenters. The number of nitrogens with zero attached hydrogens (tertiary/aromatic N) is 2. The Balaban J connectivity index is 1.42. The zero-order valence-electron chi connectivity index (χ0n) is 15.1. The number of rotatable bonds is 5. The van der Waals surface area contributed by atoms with Crippen molar-refractivity contribution in [3.63, 3.8) is 0 Å². The maximum absolute atomic E-state index is 12.4. The molecular weight excluding hydrogens is 342 g/mol. The van der Waals surface area contributed by atoms with Crippen LogP contribution in [0.1, 0.15) is 46.9 Å². The van der Waals surface area contributed by atoms with Crippen LogP contribution in [-0.2, 0) is 0 Å². The van der Waals surface area contributed by atoms with Crippen LogP contribution in [-0.4, -0.2) is 30.2 Å². The largest absolute Gasteiger partial charge is 0.423 e. The van der Waals surface area contributed by atoms with Gasteiger partial charge in [-0.1, -0.05) is 6.07 Å². The second-order valence-electron chi connectivity index (χ2n) is 6.92. The van der Waals surface area contributed by atoms with Gasteiger partial charge in [0.05, 0.1) is 11.3 Å². The molecule has 6 nitrogen and oxygen atoms in total. The summed E-state index contributed by atoms with van der Waals surface area (Å²) in [5.74, 6) is -0.240. The number of benzene rings is 2. The average molecular weight is 363 g/mol. The summed E-state index contributed by atoms with van der Waals surface area (Å²) in [6.07, 6.45) is 3.01. The first-order valence-corrected chi connectivity index (χ1v) is 9.13. The smallest absolute Gasteiger partial charge is 0.343 e. The highest BCUT2D eigenvalue weighted by Crippen LogP contribution is 2.22. The molecule has 2 aromatic rings. The molecule has 1 saturated carbocycles. The number of carbonyl (C=O) groups excluding carboxylic acids is 2. The van der Waals surface area contributed by atoms with Gasteiger partial charge < -0.3 is 10.1 Å². The number of hydrogen-bond donors (Lipinski definition) is 1. The molecule has 0 atom stereocenters.